The standard InChI is InChI=1S/C17H16N2O3S/c1-12-19-14(11-23-12)10-22-15-5-2-4-13(8-15)17(20)18-9-16-6-3-7-21-16/h2-8,11H,9-10H2,1H3,(H,18,20). The van der Waals surface area contributed by atoms with Gasteiger partial charge in [0.2, 0.25) is 0 Å². The predicted octanol–water partition coefficient (Wildman–Crippen LogP) is 3.55. The van der Waals surface area contributed by atoms with E-state index in [1.807, 2.05) is 24.4 Å². The van der Waals surface area contributed by atoms with Crippen LogP contribution in [0.15, 0.2) is 52.5 Å². The largest absolute Gasteiger partial charge is 0.487 e. The summed E-state index contributed by atoms with van der Waals surface area (Å²) in [4.78, 5) is 16.5. The van der Waals surface area contributed by atoms with Crippen molar-refractivity contribution in [2.45, 2.75) is 20.1 Å². The second-order valence-electron chi connectivity index (χ2n) is 4.94. The van der Waals surface area contributed by atoms with E-state index in [-0.39, 0.29) is 5.91 Å². The van der Waals surface area contributed by atoms with Gasteiger partial charge in [-0.05, 0) is 37.3 Å². The molecule has 0 bridgehead atoms. The molecule has 0 saturated carbocycles. The molecule has 0 radical (unpaired) electrons. The van der Waals surface area contributed by atoms with E-state index in [9.17, 15) is 4.79 Å². The number of ether oxygens (including phenoxy) is 1. The molecule has 118 valence electrons. The minimum Gasteiger partial charge on any atom is -0.487 e. The number of hydrogen-bond donors (Lipinski definition) is 1. The quantitative estimate of drug-likeness (QED) is 0.751. The zero-order chi connectivity index (χ0) is 16.1. The van der Waals surface area contributed by atoms with Crippen molar-refractivity contribution in [3.05, 3.63) is 70.1 Å². The van der Waals surface area contributed by atoms with Gasteiger partial charge >= 0.3 is 0 Å². The zero-order valence-electron chi connectivity index (χ0n) is 12.6. The summed E-state index contributed by atoms with van der Waals surface area (Å²) in [7, 11) is 0. The summed E-state index contributed by atoms with van der Waals surface area (Å²) >= 11 is 1.59. The van der Waals surface area contributed by atoms with Crippen molar-refractivity contribution in [1.82, 2.24) is 10.3 Å². The van der Waals surface area contributed by atoms with E-state index >= 15 is 0 Å². The van der Waals surface area contributed by atoms with Gasteiger partial charge in [-0.25, -0.2) is 4.98 Å². The zero-order valence-corrected chi connectivity index (χ0v) is 13.4. The SMILES string of the molecule is Cc1nc(COc2cccc(C(=O)NCc3ccco3)c2)cs1. The molecule has 0 unspecified atom stereocenters. The molecular weight excluding hydrogens is 312 g/mol. The molecule has 2 heterocycles. The molecule has 23 heavy (non-hydrogen) atoms. The van der Waals surface area contributed by atoms with E-state index in [1.165, 1.54) is 0 Å². The van der Waals surface area contributed by atoms with E-state index < -0.39 is 0 Å². The molecule has 2 aromatic heterocycles. The molecule has 0 fully saturated rings. The van der Waals surface area contributed by atoms with Crippen LogP contribution in [-0.4, -0.2) is 10.9 Å². The van der Waals surface area contributed by atoms with Gasteiger partial charge in [0, 0.05) is 10.9 Å². The Morgan fingerprint density at radius 3 is 3.00 bits per heavy atom. The Morgan fingerprint density at radius 1 is 1.35 bits per heavy atom. The van der Waals surface area contributed by atoms with Crippen molar-refractivity contribution < 1.29 is 13.9 Å². The van der Waals surface area contributed by atoms with E-state index in [4.69, 9.17) is 9.15 Å². The number of aromatic nitrogens is 1. The Kier molecular flexibility index (Phi) is 4.73. The lowest BCUT2D eigenvalue weighted by atomic mass is 10.2. The van der Waals surface area contributed by atoms with E-state index in [2.05, 4.69) is 10.3 Å². The third kappa shape index (κ3) is 4.20. The molecule has 0 saturated heterocycles. The summed E-state index contributed by atoms with van der Waals surface area (Å²) in [5.41, 5.74) is 1.43. The summed E-state index contributed by atoms with van der Waals surface area (Å²) in [6.45, 7) is 2.70. The van der Waals surface area contributed by atoms with Gasteiger partial charge in [0.05, 0.1) is 23.5 Å². The maximum absolute atomic E-state index is 12.2. The fourth-order valence-corrected chi connectivity index (χ4v) is 2.64. The van der Waals surface area contributed by atoms with E-state index in [0.717, 1.165) is 10.7 Å². The Bertz CT molecular complexity index is 781. The highest BCUT2D eigenvalue weighted by atomic mass is 32.1. The van der Waals surface area contributed by atoms with Crippen molar-refractivity contribution >= 4 is 17.2 Å². The molecule has 3 rings (SSSR count). The number of aryl methyl sites for hydroxylation is 1. The summed E-state index contributed by atoms with van der Waals surface area (Å²) in [5.74, 6) is 1.18. The lowest BCUT2D eigenvalue weighted by Gasteiger charge is -2.07. The Balaban J connectivity index is 1.58. The number of hydrogen-bond acceptors (Lipinski definition) is 5. The third-order valence-corrected chi connectivity index (χ3v) is 3.98. The van der Waals surface area contributed by atoms with Crippen molar-refractivity contribution in [2.75, 3.05) is 0 Å². The molecule has 0 aliphatic carbocycles. The summed E-state index contributed by atoms with van der Waals surface area (Å²) < 4.78 is 10.9. The summed E-state index contributed by atoms with van der Waals surface area (Å²) in [6, 6.07) is 10.7. The molecule has 1 N–H and O–H groups in total. The van der Waals surface area contributed by atoms with Crippen LogP contribution < -0.4 is 10.1 Å². The number of carbonyl (C=O) groups excluding carboxylic acids is 1. The van der Waals surface area contributed by atoms with Crippen molar-refractivity contribution in [3.8, 4) is 5.75 Å². The van der Waals surface area contributed by atoms with Crippen molar-refractivity contribution in [1.29, 1.82) is 0 Å². The number of thiazole rings is 1. The second-order valence-corrected chi connectivity index (χ2v) is 6.00. The number of furan rings is 1. The fraction of sp³-hybridized carbons (Fsp3) is 0.176. The van der Waals surface area contributed by atoms with Gasteiger partial charge in [-0.2, -0.15) is 0 Å². The van der Waals surface area contributed by atoms with E-state index in [0.29, 0.717) is 30.2 Å². The van der Waals surface area contributed by atoms with Crippen LogP contribution in [0.2, 0.25) is 0 Å². The Hall–Kier alpha value is -2.60. The molecule has 0 spiro atoms. The van der Waals surface area contributed by atoms with Crippen LogP contribution in [-0.2, 0) is 13.2 Å². The van der Waals surface area contributed by atoms with E-state index in [1.54, 1.807) is 41.9 Å². The van der Waals surface area contributed by atoms with Crippen LogP contribution in [0.4, 0.5) is 0 Å². The first-order valence-corrected chi connectivity index (χ1v) is 8.03. The van der Waals surface area contributed by atoms with Gasteiger partial charge in [-0.3, -0.25) is 4.79 Å². The number of nitrogens with one attached hydrogen (secondary N) is 1. The first-order valence-electron chi connectivity index (χ1n) is 7.15. The molecule has 3 aromatic rings. The average Bonchev–Trinajstić information content (AvgIpc) is 3.22. The number of benzene rings is 1. The van der Waals surface area contributed by atoms with Crippen LogP contribution in [0.25, 0.3) is 0 Å². The van der Waals surface area contributed by atoms with Gasteiger partial charge in [0.15, 0.2) is 0 Å². The number of nitrogens with zero attached hydrogens (tertiary/aromatic N) is 1. The van der Waals surface area contributed by atoms with Crippen LogP contribution in [0.3, 0.4) is 0 Å². The number of rotatable bonds is 6. The van der Waals surface area contributed by atoms with Gasteiger partial charge in [0.1, 0.15) is 18.1 Å². The molecule has 1 amide bonds. The van der Waals surface area contributed by atoms with Crippen molar-refractivity contribution in [3.63, 3.8) is 0 Å². The Morgan fingerprint density at radius 2 is 2.26 bits per heavy atom. The molecule has 0 aliphatic rings. The normalized spacial score (nSPS) is 10.5. The highest BCUT2D eigenvalue weighted by Gasteiger charge is 2.08. The van der Waals surface area contributed by atoms with Crippen LogP contribution in [0.5, 0.6) is 5.75 Å². The molecule has 6 heteroatoms. The molecule has 5 nitrogen and oxygen atoms in total. The van der Waals surface area contributed by atoms with Gasteiger partial charge in [-0.15, -0.1) is 11.3 Å². The smallest absolute Gasteiger partial charge is 0.251 e. The molecule has 1 aromatic carbocycles. The summed E-state index contributed by atoms with van der Waals surface area (Å²) in [5, 5.41) is 5.78. The minimum atomic E-state index is -0.170. The topological polar surface area (TPSA) is 64.4 Å². The number of amides is 1. The second kappa shape index (κ2) is 7.11. The molecule has 0 atom stereocenters. The summed E-state index contributed by atoms with van der Waals surface area (Å²) in [6.07, 6.45) is 1.58. The van der Waals surface area contributed by atoms with Gasteiger partial charge in [0.25, 0.3) is 5.91 Å². The average molecular weight is 328 g/mol. The molecule has 0 aliphatic heterocycles. The lowest BCUT2D eigenvalue weighted by molar-refractivity contribution is 0.0947. The maximum Gasteiger partial charge on any atom is 0.251 e. The first kappa shape index (κ1) is 15.3. The minimum absolute atomic E-state index is 0.170. The van der Waals surface area contributed by atoms with Crippen LogP contribution >= 0.6 is 11.3 Å². The first-order chi connectivity index (χ1) is 11.2. The number of carbonyl (C=O) groups is 1. The maximum atomic E-state index is 12.2. The fourth-order valence-electron chi connectivity index (χ4n) is 2.04. The van der Waals surface area contributed by atoms with Crippen molar-refractivity contribution in [2.24, 2.45) is 0 Å². The lowest BCUT2D eigenvalue weighted by Crippen LogP contribution is -2.22. The monoisotopic (exact) mass is 328 g/mol. The van der Waals surface area contributed by atoms with Gasteiger partial charge < -0.3 is 14.5 Å². The third-order valence-electron chi connectivity index (χ3n) is 3.15. The Labute approximate surface area is 137 Å². The van der Waals surface area contributed by atoms with Crippen LogP contribution in [0.1, 0.15) is 26.8 Å². The highest BCUT2D eigenvalue weighted by Crippen LogP contribution is 2.16. The molecular formula is C17H16N2O3S. The van der Waals surface area contributed by atoms with Crippen LogP contribution in [0, 0.1) is 6.92 Å². The predicted molar refractivity (Wildman–Crippen MR) is 87.5 cm³/mol. The van der Waals surface area contributed by atoms with Gasteiger partial charge in [-0.1, -0.05) is 6.07 Å². The highest BCUT2D eigenvalue weighted by molar-refractivity contribution is 7.09.